The fraction of sp³-hybridized carbons (Fsp3) is 0.0833. The predicted molar refractivity (Wildman–Crippen MR) is 75.7 cm³/mol. The van der Waals surface area contributed by atoms with Crippen LogP contribution in [-0.4, -0.2) is 15.8 Å². The number of fused-ring (bicyclic) bond motifs is 1. The van der Waals surface area contributed by atoms with Crippen LogP contribution in [0, 0.1) is 0 Å². The molecule has 0 aromatic carbocycles. The summed E-state index contributed by atoms with van der Waals surface area (Å²) in [4.78, 5) is 21.5. The summed E-state index contributed by atoms with van der Waals surface area (Å²) in [7, 11) is 0. The normalized spacial score (nSPS) is 11.0. The van der Waals surface area contributed by atoms with Gasteiger partial charge in [-0.2, -0.15) is 0 Å². The molecule has 0 aliphatic heterocycles. The fourth-order valence-electron chi connectivity index (χ4n) is 1.57. The van der Waals surface area contributed by atoms with Crippen LogP contribution in [0.2, 0.25) is 5.15 Å². The number of rotatable bonds is 2. The number of hydrogen-bond acceptors (Lipinski definition) is 5. The van der Waals surface area contributed by atoms with Crippen LogP contribution in [0.25, 0.3) is 20.1 Å². The molecule has 3 nitrogen and oxygen atoms in total. The number of carbonyl (C=O) groups is 1. The van der Waals surface area contributed by atoms with Crippen LogP contribution in [0.15, 0.2) is 24.4 Å². The number of pyridine rings is 1. The van der Waals surface area contributed by atoms with E-state index < -0.39 is 0 Å². The van der Waals surface area contributed by atoms with Gasteiger partial charge in [0.1, 0.15) is 10.5 Å². The Morgan fingerprint density at radius 2 is 2.11 bits per heavy atom. The van der Waals surface area contributed by atoms with Crippen molar-refractivity contribution in [2.24, 2.45) is 0 Å². The Morgan fingerprint density at radius 3 is 2.78 bits per heavy atom. The molecule has 0 bridgehead atoms. The van der Waals surface area contributed by atoms with Crippen LogP contribution in [0.3, 0.4) is 0 Å². The molecule has 0 spiro atoms. The summed E-state index contributed by atoms with van der Waals surface area (Å²) in [6, 6.07) is 5.64. The maximum atomic E-state index is 11.3. The number of thiophene rings is 1. The number of aromatic nitrogens is 2. The highest BCUT2D eigenvalue weighted by molar-refractivity contribution is 7.26. The lowest BCUT2D eigenvalue weighted by Gasteiger charge is -1.88. The lowest BCUT2D eigenvalue weighted by atomic mass is 10.3. The van der Waals surface area contributed by atoms with Gasteiger partial charge in [-0.25, -0.2) is 9.97 Å². The zero-order chi connectivity index (χ0) is 12.7. The molecule has 0 atom stereocenters. The smallest absolute Gasteiger partial charge is 0.169 e. The van der Waals surface area contributed by atoms with Crippen molar-refractivity contribution < 1.29 is 4.79 Å². The second-order valence-corrected chi connectivity index (χ2v) is 6.16. The summed E-state index contributed by atoms with van der Waals surface area (Å²) >= 11 is 9.00. The molecule has 3 rings (SSSR count). The number of thiazole rings is 1. The topological polar surface area (TPSA) is 42.9 Å². The second-order valence-electron chi connectivity index (χ2n) is 3.69. The molecule has 90 valence electrons. The van der Waals surface area contributed by atoms with Gasteiger partial charge in [0.15, 0.2) is 10.9 Å². The third kappa shape index (κ3) is 1.94. The van der Waals surface area contributed by atoms with Gasteiger partial charge in [0.2, 0.25) is 0 Å². The lowest BCUT2D eigenvalue weighted by Crippen LogP contribution is -1.83. The van der Waals surface area contributed by atoms with E-state index in [4.69, 9.17) is 11.6 Å². The molecule has 0 radical (unpaired) electrons. The van der Waals surface area contributed by atoms with E-state index >= 15 is 0 Å². The molecule has 0 saturated heterocycles. The second kappa shape index (κ2) is 4.42. The predicted octanol–water partition coefficient (Wildman–Crippen LogP) is 4.28. The van der Waals surface area contributed by atoms with Gasteiger partial charge in [0, 0.05) is 6.20 Å². The van der Waals surface area contributed by atoms with Crippen molar-refractivity contribution in [3.63, 3.8) is 0 Å². The number of carbonyl (C=O) groups excluding carboxylic acids is 1. The molecule has 0 aliphatic rings. The van der Waals surface area contributed by atoms with E-state index in [9.17, 15) is 4.79 Å². The number of hydrogen-bond donors (Lipinski definition) is 0. The number of Topliss-reactive ketones (excluding diaryl/α,β-unsaturated/α-hetero) is 1. The van der Waals surface area contributed by atoms with Gasteiger partial charge >= 0.3 is 0 Å². The monoisotopic (exact) mass is 294 g/mol. The summed E-state index contributed by atoms with van der Waals surface area (Å²) in [5.74, 6) is 0.0760. The lowest BCUT2D eigenvalue weighted by molar-refractivity contribution is 0.102. The van der Waals surface area contributed by atoms with Crippen LogP contribution >= 0.6 is 34.3 Å². The first-order valence-electron chi connectivity index (χ1n) is 5.17. The van der Waals surface area contributed by atoms with Gasteiger partial charge in [-0.1, -0.05) is 11.6 Å². The summed E-state index contributed by atoms with van der Waals surface area (Å²) in [6.07, 6.45) is 1.67. The van der Waals surface area contributed by atoms with E-state index in [1.807, 2.05) is 18.2 Å². The summed E-state index contributed by atoms with van der Waals surface area (Å²) < 4.78 is 1.00. The SMILES string of the molecule is CC(=O)c1ccc(-c2nc3c(Cl)nccc3s2)s1. The molecule has 3 aromatic rings. The molecule has 6 heteroatoms. The quantitative estimate of drug-likeness (QED) is 0.523. The third-order valence-electron chi connectivity index (χ3n) is 2.43. The van der Waals surface area contributed by atoms with Crippen LogP contribution in [0.1, 0.15) is 16.6 Å². The standard InChI is InChI=1S/C12H7ClN2OS2/c1-6(16)7-2-3-9(17-7)12-15-10-8(18-12)4-5-14-11(10)13/h2-5H,1H3. The van der Waals surface area contributed by atoms with E-state index in [0.717, 1.165) is 25.0 Å². The zero-order valence-corrected chi connectivity index (χ0v) is 11.7. The van der Waals surface area contributed by atoms with Crippen molar-refractivity contribution in [2.75, 3.05) is 0 Å². The Kier molecular flexibility index (Phi) is 2.89. The van der Waals surface area contributed by atoms with Gasteiger partial charge in [-0.3, -0.25) is 4.79 Å². The largest absolute Gasteiger partial charge is 0.294 e. The molecule has 3 aromatic heterocycles. The number of ketones is 1. The Hall–Kier alpha value is -1.30. The minimum absolute atomic E-state index is 0.0760. The average Bonchev–Trinajstić information content (AvgIpc) is 2.95. The maximum Gasteiger partial charge on any atom is 0.169 e. The summed E-state index contributed by atoms with van der Waals surface area (Å²) in [6.45, 7) is 1.56. The first kappa shape index (κ1) is 11.8. The maximum absolute atomic E-state index is 11.3. The Bertz CT molecular complexity index is 747. The van der Waals surface area contributed by atoms with Gasteiger partial charge in [0.05, 0.1) is 14.5 Å². The molecule has 0 N–H and O–H groups in total. The van der Waals surface area contributed by atoms with Crippen LogP contribution in [0.5, 0.6) is 0 Å². The van der Waals surface area contributed by atoms with Crippen molar-refractivity contribution in [3.8, 4) is 9.88 Å². The van der Waals surface area contributed by atoms with Crippen molar-refractivity contribution in [2.45, 2.75) is 6.92 Å². The third-order valence-corrected chi connectivity index (χ3v) is 5.08. The molecule has 0 saturated carbocycles. The Morgan fingerprint density at radius 1 is 1.28 bits per heavy atom. The van der Waals surface area contributed by atoms with Crippen molar-refractivity contribution >= 4 is 50.3 Å². The minimum Gasteiger partial charge on any atom is -0.294 e. The number of nitrogens with zero attached hydrogens (tertiary/aromatic N) is 2. The molecular formula is C12H7ClN2OS2. The van der Waals surface area contributed by atoms with Crippen LogP contribution < -0.4 is 0 Å². The Labute approximate surface area is 116 Å². The highest BCUT2D eigenvalue weighted by atomic mass is 35.5. The highest BCUT2D eigenvalue weighted by Gasteiger charge is 2.12. The van der Waals surface area contributed by atoms with Gasteiger partial charge in [-0.15, -0.1) is 22.7 Å². The van der Waals surface area contributed by atoms with Gasteiger partial charge in [0.25, 0.3) is 0 Å². The summed E-state index contributed by atoms with van der Waals surface area (Å²) in [5.41, 5.74) is 0.719. The molecule has 0 aliphatic carbocycles. The van der Waals surface area contributed by atoms with E-state index in [0.29, 0.717) is 5.15 Å². The molecular weight excluding hydrogens is 288 g/mol. The number of halogens is 1. The van der Waals surface area contributed by atoms with Crippen LogP contribution in [0.4, 0.5) is 0 Å². The minimum atomic E-state index is 0.0760. The van der Waals surface area contributed by atoms with E-state index in [1.54, 1.807) is 24.5 Å². The van der Waals surface area contributed by atoms with Gasteiger partial charge < -0.3 is 0 Å². The van der Waals surface area contributed by atoms with E-state index in [-0.39, 0.29) is 5.78 Å². The van der Waals surface area contributed by atoms with E-state index in [2.05, 4.69) is 9.97 Å². The van der Waals surface area contributed by atoms with E-state index in [1.165, 1.54) is 11.3 Å². The van der Waals surface area contributed by atoms with Crippen LogP contribution in [-0.2, 0) is 0 Å². The van der Waals surface area contributed by atoms with Crippen molar-refractivity contribution in [3.05, 3.63) is 34.4 Å². The molecule has 0 unspecified atom stereocenters. The van der Waals surface area contributed by atoms with Gasteiger partial charge in [-0.05, 0) is 25.1 Å². The van der Waals surface area contributed by atoms with Crippen molar-refractivity contribution in [1.82, 2.24) is 9.97 Å². The Balaban J connectivity index is 2.13. The zero-order valence-electron chi connectivity index (χ0n) is 9.31. The average molecular weight is 295 g/mol. The fourth-order valence-corrected chi connectivity index (χ4v) is 3.75. The first-order valence-corrected chi connectivity index (χ1v) is 7.18. The molecule has 18 heavy (non-hydrogen) atoms. The molecule has 0 amide bonds. The molecule has 0 fully saturated rings. The highest BCUT2D eigenvalue weighted by Crippen LogP contribution is 2.35. The first-order chi connectivity index (χ1) is 8.65. The summed E-state index contributed by atoms with van der Waals surface area (Å²) in [5, 5.41) is 1.29. The molecule has 3 heterocycles. The van der Waals surface area contributed by atoms with Crippen molar-refractivity contribution in [1.29, 1.82) is 0 Å².